The van der Waals surface area contributed by atoms with Crippen molar-refractivity contribution in [1.29, 1.82) is 0 Å². The standard InChI is InChI=1S/C25H32ClN3O4/c1-3-15-33-16-12-27-24(31)21-9-4-17(2)28-22(21)18-10-13-29(14-11-18)25(32)23(30)19-5-7-20(26)8-6-19/h4-9,18,23,30H,3,10-16H2,1-2H3,(H,27,31). The Morgan fingerprint density at radius 2 is 1.88 bits per heavy atom. The molecule has 2 N–H and O–H groups in total. The number of aromatic nitrogens is 1. The number of likely N-dealkylation sites (tertiary alicyclic amines) is 1. The molecule has 1 unspecified atom stereocenters. The zero-order valence-corrected chi connectivity index (χ0v) is 20.0. The van der Waals surface area contributed by atoms with Gasteiger partial charge >= 0.3 is 0 Å². The molecule has 1 aliphatic rings. The predicted molar refractivity (Wildman–Crippen MR) is 127 cm³/mol. The Balaban J connectivity index is 1.61. The molecule has 0 bridgehead atoms. The summed E-state index contributed by atoms with van der Waals surface area (Å²) in [6.45, 7) is 6.54. The highest BCUT2D eigenvalue weighted by molar-refractivity contribution is 6.30. The second kappa shape index (κ2) is 12.1. The van der Waals surface area contributed by atoms with Crippen molar-refractivity contribution < 1.29 is 19.4 Å². The number of nitrogens with one attached hydrogen (secondary N) is 1. The van der Waals surface area contributed by atoms with E-state index in [4.69, 9.17) is 16.3 Å². The minimum absolute atomic E-state index is 0.0683. The van der Waals surface area contributed by atoms with E-state index < -0.39 is 6.10 Å². The average Bonchev–Trinajstić information content (AvgIpc) is 2.83. The van der Waals surface area contributed by atoms with Crippen LogP contribution in [0, 0.1) is 6.92 Å². The van der Waals surface area contributed by atoms with Crippen LogP contribution in [0.15, 0.2) is 36.4 Å². The van der Waals surface area contributed by atoms with E-state index in [-0.39, 0.29) is 17.7 Å². The number of hydrogen-bond donors (Lipinski definition) is 2. The number of ether oxygens (including phenoxy) is 1. The van der Waals surface area contributed by atoms with Crippen molar-refractivity contribution in [2.45, 2.75) is 45.1 Å². The Labute approximate surface area is 200 Å². The minimum Gasteiger partial charge on any atom is -0.380 e. The number of rotatable bonds is 9. The lowest BCUT2D eigenvalue weighted by molar-refractivity contribution is -0.141. The number of hydrogen-bond acceptors (Lipinski definition) is 5. The molecule has 0 aliphatic carbocycles. The molecule has 1 saturated heterocycles. The molecular weight excluding hydrogens is 442 g/mol. The highest BCUT2D eigenvalue weighted by atomic mass is 35.5. The van der Waals surface area contributed by atoms with Gasteiger partial charge in [0.05, 0.1) is 17.9 Å². The Hall–Kier alpha value is -2.48. The molecule has 2 aromatic rings. The molecule has 1 aromatic heterocycles. The van der Waals surface area contributed by atoms with Gasteiger partial charge in [-0.1, -0.05) is 30.7 Å². The quantitative estimate of drug-likeness (QED) is 0.542. The normalized spacial score (nSPS) is 15.3. The smallest absolute Gasteiger partial charge is 0.256 e. The molecule has 0 saturated carbocycles. The molecule has 178 valence electrons. The van der Waals surface area contributed by atoms with Gasteiger partial charge in [0.2, 0.25) is 0 Å². The van der Waals surface area contributed by atoms with Crippen LogP contribution in [0.5, 0.6) is 0 Å². The summed E-state index contributed by atoms with van der Waals surface area (Å²) in [6.07, 6.45) is 1.08. The Kier molecular flexibility index (Phi) is 9.23. The zero-order valence-electron chi connectivity index (χ0n) is 19.2. The summed E-state index contributed by atoms with van der Waals surface area (Å²) in [5.74, 6) is -0.411. The van der Waals surface area contributed by atoms with E-state index in [1.807, 2.05) is 26.0 Å². The summed E-state index contributed by atoms with van der Waals surface area (Å²) in [7, 11) is 0. The molecule has 3 rings (SSSR count). The number of carbonyl (C=O) groups is 2. The molecule has 0 radical (unpaired) electrons. The fourth-order valence-electron chi connectivity index (χ4n) is 3.99. The van der Waals surface area contributed by atoms with Crippen LogP contribution in [0.4, 0.5) is 0 Å². The summed E-state index contributed by atoms with van der Waals surface area (Å²) in [5.41, 5.74) is 2.72. The predicted octanol–water partition coefficient (Wildman–Crippen LogP) is 3.64. The van der Waals surface area contributed by atoms with Crippen molar-refractivity contribution in [3.63, 3.8) is 0 Å². The zero-order chi connectivity index (χ0) is 23.8. The first-order valence-corrected chi connectivity index (χ1v) is 11.8. The van der Waals surface area contributed by atoms with Crippen LogP contribution < -0.4 is 5.32 Å². The maximum atomic E-state index is 12.8. The molecule has 1 atom stereocenters. The topological polar surface area (TPSA) is 91.8 Å². The number of aliphatic hydroxyl groups is 1. The van der Waals surface area contributed by atoms with Gasteiger partial charge in [-0.25, -0.2) is 0 Å². The number of carbonyl (C=O) groups excluding carboxylic acids is 2. The largest absolute Gasteiger partial charge is 0.380 e. The van der Waals surface area contributed by atoms with Gasteiger partial charge in [-0.05, 0) is 56.0 Å². The first kappa shape index (κ1) is 25.1. The van der Waals surface area contributed by atoms with Crippen LogP contribution >= 0.6 is 11.6 Å². The maximum Gasteiger partial charge on any atom is 0.256 e. The number of halogens is 1. The summed E-state index contributed by atoms with van der Waals surface area (Å²) in [5, 5.41) is 14.0. The van der Waals surface area contributed by atoms with E-state index in [0.29, 0.717) is 61.8 Å². The number of benzene rings is 1. The Morgan fingerprint density at radius 1 is 1.18 bits per heavy atom. The number of amides is 2. The van der Waals surface area contributed by atoms with E-state index in [1.54, 1.807) is 29.2 Å². The highest BCUT2D eigenvalue weighted by Crippen LogP contribution is 2.31. The average molecular weight is 474 g/mol. The van der Waals surface area contributed by atoms with Crippen LogP contribution in [0.2, 0.25) is 5.02 Å². The van der Waals surface area contributed by atoms with Gasteiger partial charge < -0.3 is 20.1 Å². The van der Waals surface area contributed by atoms with Crippen molar-refractivity contribution >= 4 is 23.4 Å². The second-order valence-corrected chi connectivity index (χ2v) is 8.74. The Morgan fingerprint density at radius 3 is 2.55 bits per heavy atom. The first-order valence-electron chi connectivity index (χ1n) is 11.5. The molecule has 2 amide bonds. The number of pyridine rings is 1. The van der Waals surface area contributed by atoms with Crippen molar-refractivity contribution in [3.05, 3.63) is 63.9 Å². The lowest BCUT2D eigenvalue weighted by Crippen LogP contribution is -2.41. The third-order valence-electron chi connectivity index (χ3n) is 5.80. The van der Waals surface area contributed by atoms with Crippen LogP contribution in [-0.4, -0.2) is 59.7 Å². The lowest BCUT2D eigenvalue weighted by atomic mass is 9.89. The highest BCUT2D eigenvalue weighted by Gasteiger charge is 2.30. The number of nitrogens with zero attached hydrogens (tertiary/aromatic N) is 2. The Bertz CT molecular complexity index is 943. The summed E-state index contributed by atoms with van der Waals surface area (Å²) in [6, 6.07) is 10.3. The van der Waals surface area contributed by atoms with E-state index in [9.17, 15) is 14.7 Å². The fraction of sp³-hybridized carbons (Fsp3) is 0.480. The summed E-state index contributed by atoms with van der Waals surface area (Å²) in [4.78, 5) is 31.9. The van der Waals surface area contributed by atoms with E-state index >= 15 is 0 Å². The molecule has 33 heavy (non-hydrogen) atoms. The monoisotopic (exact) mass is 473 g/mol. The van der Waals surface area contributed by atoms with Crippen LogP contribution in [0.25, 0.3) is 0 Å². The molecule has 8 heteroatoms. The SMILES string of the molecule is CCCOCCNC(=O)c1ccc(C)nc1C1CCN(C(=O)C(O)c2ccc(Cl)cc2)CC1. The van der Waals surface area contributed by atoms with Gasteiger partial charge in [0, 0.05) is 42.9 Å². The van der Waals surface area contributed by atoms with Gasteiger partial charge in [0.1, 0.15) is 0 Å². The van der Waals surface area contributed by atoms with E-state index in [1.165, 1.54) is 0 Å². The molecule has 1 aliphatic heterocycles. The van der Waals surface area contributed by atoms with Gasteiger partial charge in [-0.15, -0.1) is 0 Å². The van der Waals surface area contributed by atoms with Gasteiger partial charge in [-0.2, -0.15) is 0 Å². The molecule has 2 heterocycles. The maximum absolute atomic E-state index is 12.8. The minimum atomic E-state index is -1.22. The van der Waals surface area contributed by atoms with E-state index in [2.05, 4.69) is 10.3 Å². The summed E-state index contributed by atoms with van der Waals surface area (Å²) >= 11 is 5.90. The van der Waals surface area contributed by atoms with Crippen LogP contribution in [0.3, 0.4) is 0 Å². The number of aryl methyl sites for hydroxylation is 1. The van der Waals surface area contributed by atoms with Crippen LogP contribution in [-0.2, 0) is 9.53 Å². The van der Waals surface area contributed by atoms with Gasteiger partial charge in [0.25, 0.3) is 11.8 Å². The third-order valence-corrected chi connectivity index (χ3v) is 6.05. The third kappa shape index (κ3) is 6.76. The van der Waals surface area contributed by atoms with Crippen LogP contribution in [0.1, 0.15) is 65.5 Å². The summed E-state index contributed by atoms with van der Waals surface area (Å²) < 4.78 is 5.43. The lowest BCUT2D eigenvalue weighted by Gasteiger charge is -2.33. The number of aliphatic hydroxyl groups excluding tert-OH is 1. The molecule has 1 fully saturated rings. The molecular formula is C25H32ClN3O4. The first-order chi connectivity index (χ1) is 15.9. The van der Waals surface area contributed by atoms with Crippen molar-refractivity contribution in [2.24, 2.45) is 0 Å². The van der Waals surface area contributed by atoms with Gasteiger partial charge in [0.15, 0.2) is 6.10 Å². The second-order valence-electron chi connectivity index (χ2n) is 8.31. The molecule has 0 spiro atoms. The number of piperidine rings is 1. The van der Waals surface area contributed by atoms with Crippen molar-refractivity contribution in [3.8, 4) is 0 Å². The van der Waals surface area contributed by atoms with Gasteiger partial charge in [-0.3, -0.25) is 14.6 Å². The molecule has 7 nitrogen and oxygen atoms in total. The van der Waals surface area contributed by atoms with Crippen molar-refractivity contribution in [2.75, 3.05) is 32.8 Å². The molecule has 1 aromatic carbocycles. The van der Waals surface area contributed by atoms with E-state index in [0.717, 1.165) is 17.8 Å². The van der Waals surface area contributed by atoms with Crippen molar-refractivity contribution in [1.82, 2.24) is 15.2 Å². The fourth-order valence-corrected chi connectivity index (χ4v) is 4.12.